The number of esters is 1. The van der Waals surface area contributed by atoms with Gasteiger partial charge in [-0.25, -0.2) is 8.78 Å². The molecule has 4 fully saturated rings. The van der Waals surface area contributed by atoms with Crippen molar-refractivity contribution in [1.82, 2.24) is 0 Å². The van der Waals surface area contributed by atoms with Gasteiger partial charge in [0.1, 0.15) is 5.60 Å². The molecule has 0 N–H and O–H groups in total. The minimum atomic E-state index is -2.77. The van der Waals surface area contributed by atoms with Gasteiger partial charge in [-0.2, -0.15) is 5.26 Å². The fourth-order valence-corrected chi connectivity index (χ4v) is 7.68. The lowest BCUT2D eigenvalue weighted by atomic mass is 9.48. The Balaban J connectivity index is 1.59. The van der Waals surface area contributed by atoms with Gasteiger partial charge in [-0.05, 0) is 81.5 Å². The highest BCUT2D eigenvalue weighted by atomic mass is 19.3. The summed E-state index contributed by atoms with van der Waals surface area (Å²) in [7, 11) is 0. The van der Waals surface area contributed by atoms with Crippen LogP contribution in [-0.2, 0) is 9.53 Å². The Morgan fingerprint density at radius 3 is 2.44 bits per heavy atom. The molecule has 0 radical (unpaired) electrons. The van der Waals surface area contributed by atoms with Gasteiger partial charge >= 0.3 is 5.97 Å². The molecule has 5 heteroatoms. The maximum Gasteiger partial charge on any atom is 0.303 e. The number of ether oxygens (including phenoxy) is 1. The molecule has 0 aromatic carbocycles. The van der Waals surface area contributed by atoms with Crippen LogP contribution < -0.4 is 0 Å². The number of halogens is 2. The molecule has 0 aliphatic heterocycles. The first kappa shape index (κ1) is 19.2. The standard InChI is InChI=1S/C22H31F2NO2/c1-13(26)27-20(2)9-8-16-14(10-20)4-6-17-18(16)11-22(23,24)21(3)15(12-25)5-7-19(17)21/h14-19H,4-11H2,1-3H3/t14-,15?,16+,17-,18-,19+,20-,21-/m1/s1. The van der Waals surface area contributed by atoms with Gasteiger partial charge in [-0.3, -0.25) is 4.79 Å². The van der Waals surface area contributed by atoms with Gasteiger partial charge in [-0.15, -0.1) is 0 Å². The molecule has 4 aliphatic carbocycles. The van der Waals surface area contributed by atoms with Crippen molar-refractivity contribution in [2.45, 2.75) is 83.7 Å². The lowest BCUT2D eigenvalue weighted by Gasteiger charge is -2.58. The van der Waals surface area contributed by atoms with Crippen LogP contribution in [0, 0.1) is 52.3 Å². The van der Waals surface area contributed by atoms with Crippen molar-refractivity contribution in [2.75, 3.05) is 0 Å². The number of carbonyl (C=O) groups excluding carboxylic acids is 1. The largest absolute Gasteiger partial charge is 0.460 e. The summed E-state index contributed by atoms with van der Waals surface area (Å²) in [5, 5.41) is 9.49. The number of fused-ring (bicyclic) bond motifs is 5. The van der Waals surface area contributed by atoms with Crippen molar-refractivity contribution < 1.29 is 18.3 Å². The molecule has 0 heterocycles. The monoisotopic (exact) mass is 379 g/mol. The van der Waals surface area contributed by atoms with Gasteiger partial charge in [0, 0.05) is 13.3 Å². The fourth-order valence-electron chi connectivity index (χ4n) is 7.68. The molecule has 1 unspecified atom stereocenters. The van der Waals surface area contributed by atoms with Crippen LogP contribution in [0.5, 0.6) is 0 Å². The Morgan fingerprint density at radius 1 is 1.04 bits per heavy atom. The smallest absolute Gasteiger partial charge is 0.303 e. The summed E-state index contributed by atoms with van der Waals surface area (Å²) in [4.78, 5) is 11.5. The summed E-state index contributed by atoms with van der Waals surface area (Å²) in [6.07, 6.45) is 5.79. The Labute approximate surface area is 160 Å². The van der Waals surface area contributed by atoms with E-state index in [0.717, 1.165) is 38.5 Å². The summed E-state index contributed by atoms with van der Waals surface area (Å²) in [6.45, 7) is 5.14. The van der Waals surface area contributed by atoms with Crippen LogP contribution >= 0.6 is 0 Å². The van der Waals surface area contributed by atoms with E-state index in [1.807, 2.05) is 6.92 Å². The third-order valence-electron chi connectivity index (χ3n) is 8.88. The van der Waals surface area contributed by atoms with E-state index in [4.69, 9.17) is 4.74 Å². The number of carbonyl (C=O) groups is 1. The average Bonchev–Trinajstić information content (AvgIpc) is 2.92. The molecule has 4 aliphatic rings. The Kier molecular flexibility index (Phi) is 4.37. The van der Waals surface area contributed by atoms with Crippen LogP contribution in [0.4, 0.5) is 8.78 Å². The van der Waals surface area contributed by atoms with Crippen LogP contribution in [0.3, 0.4) is 0 Å². The number of nitriles is 1. The third-order valence-corrected chi connectivity index (χ3v) is 8.88. The van der Waals surface area contributed by atoms with E-state index in [1.165, 1.54) is 6.92 Å². The molecular formula is C22H31F2NO2. The van der Waals surface area contributed by atoms with Gasteiger partial charge in [0.25, 0.3) is 5.92 Å². The molecule has 0 bridgehead atoms. The molecule has 150 valence electrons. The molecule has 0 spiro atoms. The minimum Gasteiger partial charge on any atom is -0.460 e. The normalized spacial score (nSPS) is 50.7. The van der Waals surface area contributed by atoms with E-state index in [1.54, 1.807) is 6.92 Å². The number of alkyl halides is 2. The lowest BCUT2D eigenvalue weighted by Crippen LogP contribution is -2.58. The number of hydrogen-bond acceptors (Lipinski definition) is 3. The van der Waals surface area contributed by atoms with Gasteiger partial charge in [-0.1, -0.05) is 6.92 Å². The maximum atomic E-state index is 15.4. The second kappa shape index (κ2) is 6.16. The third kappa shape index (κ3) is 2.73. The van der Waals surface area contributed by atoms with Gasteiger partial charge < -0.3 is 4.74 Å². The summed E-state index contributed by atoms with van der Waals surface area (Å²) in [5.74, 6) is -2.51. The maximum absolute atomic E-state index is 15.4. The predicted octanol–water partition coefficient (Wildman–Crippen LogP) is 5.35. The topological polar surface area (TPSA) is 50.1 Å². The van der Waals surface area contributed by atoms with Crippen LogP contribution in [0.2, 0.25) is 0 Å². The molecule has 8 atom stereocenters. The zero-order chi connectivity index (χ0) is 19.6. The Hall–Kier alpha value is -1.18. The van der Waals surface area contributed by atoms with Crippen molar-refractivity contribution in [2.24, 2.45) is 40.9 Å². The second-order valence-electron chi connectivity index (χ2n) is 10.2. The molecular weight excluding hydrogens is 348 g/mol. The zero-order valence-corrected chi connectivity index (χ0v) is 16.6. The molecule has 0 amide bonds. The van der Waals surface area contributed by atoms with Crippen molar-refractivity contribution in [1.29, 1.82) is 5.26 Å². The lowest BCUT2D eigenvalue weighted by molar-refractivity contribution is -0.225. The van der Waals surface area contributed by atoms with Crippen molar-refractivity contribution in [3.8, 4) is 6.07 Å². The molecule has 4 rings (SSSR count). The van der Waals surface area contributed by atoms with E-state index in [-0.39, 0.29) is 24.2 Å². The van der Waals surface area contributed by atoms with E-state index in [0.29, 0.717) is 24.2 Å². The van der Waals surface area contributed by atoms with Gasteiger partial charge in [0.05, 0.1) is 17.4 Å². The van der Waals surface area contributed by atoms with Crippen molar-refractivity contribution in [3.05, 3.63) is 0 Å². The molecule has 3 nitrogen and oxygen atoms in total. The van der Waals surface area contributed by atoms with Crippen molar-refractivity contribution in [3.63, 3.8) is 0 Å². The first-order chi connectivity index (χ1) is 12.6. The van der Waals surface area contributed by atoms with Crippen molar-refractivity contribution >= 4 is 5.97 Å². The highest BCUT2D eigenvalue weighted by Crippen LogP contribution is 2.69. The van der Waals surface area contributed by atoms with E-state index < -0.39 is 22.9 Å². The first-order valence-electron chi connectivity index (χ1n) is 10.6. The number of nitrogens with zero attached hydrogens (tertiary/aromatic N) is 1. The summed E-state index contributed by atoms with van der Waals surface area (Å²) in [6, 6.07) is 2.21. The van der Waals surface area contributed by atoms with Crippen LogP contribution in [0.1, 0.15) is 72.1 Å². The quantitative estimate of drug-likeness (QED) is 0.577. The Bertz CT molecular complexity index is 674. The average molecular weight is 379 g/mol. The minimum absolute atomic E-state index is 0.0290. The number of rotatable bonds is 1. The molecule has 0 saturated heterocycles. The van der Waals surface area contributed by atoms with Crippen LogP contribution in [0.25, 0.3) is 0 Å². The van der Waals surface area contributed by atoms with Crippen LogP contribution in [0.15, 0.2) is 0 Å². The molecule has 27 heavy (non-hydrogen) atoms. The summed E-state index contributed by atoms with van der Waals surface area (Å²) >= 11 is 0. The summed E-state index contributed by atoms with van der Waals surface area (Å²) < 4.78 is 36.4. The van der Waals surface area contributed by atoms with Gasteiger partial charge in [0.15, 0.2) is 0 Å². The SMILES string of the molecule is CC(=O)O[C@]1(C)CC[C@H]2[C@H](CC[C@@H]3[C@@H]2CC(F)(F)[C@]2(C)C(C#N)CC[C@@H]32)C1. The van der Waals surface area contributed by atoms with E-state index in [9.17, 15) is 10.1 Å². The second-order valence-corrected chi connectivity index (χ2v) is 10.2. The zero-order valence-electron chi connectivity index (χ0n) is 16.6. The number of hydrogen-bond donors (Lipinski definition) is 0. The highest BCUT2D eigenvalue weighted by Gasteiger charge is 2.69. The van der Waals surface area contributed by atoms with Crippen LogP contribution in [-0.4, -0.2) is 17.5 Å². The Morgan fingerprint density at radius 2 is 1.78 bits per heavy atom. The predicted molar refractivity (Wildman–Crippen MR) is 96.7 cm³/mol. The highest BCUT2D eigenvalue weighted by molar-refractivity contribution is 5.66. The summed E-state index contributed by atoms with van der Waals surface area (Å²) in [5.41, 5.74) is -1.60. The van der Waals surface area contributed by atoms with Gasteiger partial charge in [0.2, 0.25) is 0 Å². The molecule has 0 aromatic rings. The fraction of sp³-hybridized carbons (Fsp3) is 0.909. The van der Waals surface area contributed by atoms with E-state index >= 15 is 8.78 Å². The molecule has 0 aromatic heterocycles. The molecule has 4 saturated carbocycles. The van der Waals surface area contributed by atoms with E-state index in [2.05, 4.69) is 6.07 Å². The first-order valence-corrected chi connectivity index (χ1v) is 10.6.